The Hall–Kier alpha value is -0.160. The van der Waals surface area contributed by atoms with E-state index in [2.05, 4.69) is 47.3 Å². The van der Waals surface area contributed by atoms with E-state index in [-0.39, 0.29) is 0 Å². The molecule has 28 heavy (non-hydrogen) atoms. The Morgan fingerprint density at radius 1 is 0.821 bits per heavy atom. The molecule has 4 aliphatic rings. The Labute approximate surface area is 174 Å². The fraction of sp³-hybridized carbons (Fsp3) is 1.00. The molecule has 0 unspecified atom stereocenters. The van der Waals surface area contributed by atoms with Gasteiger partial charge in [-0.2, -0.15) is 0 Å². The molecule has 0 aromatic carbocycles. The lowest BCUT2D eigenvalue weighted by molar-refractivity contribution is -0.00602. The molecule has 0 atom stereocenters. The van der Waals surface area contributed by atoms with Crippen molar-refractivity contribution in [2.24, 2.45) is 17.3 Å². The first-order chi connectivity index (χ1) is 13.4. The second-order valence-electron chi connectivity index (χ2n) is 11.4. The van der Waals surface area contributed by atoms with Crippen molar-refractivity contribution in [1.29, 1.82) is 0 Å². The van der Waals surface area contributed by atoms with Crippen LogP contribution < -0.4 is 0 Å². The van der Waals surface area contributed by atoms with Gasteiger partial charge in [-0.05, 0) is 76.3 Å². The Kier molecular flexibility index (Phi) is 6.71. The average Bonchev–Trinajstić information content (AvgIpc) is 3.37. The summed E-state index contributed by atoms with van der Waals surface area (Å²) < 4.78 is 0. The molecule has 4 nitrogen and oxygen atoms in total. The predicted molar refractivity (Wildman–Crippen MR) is 119 cm³/mol. The standard InChI is InChI=1S/C24H46N4/c1-20(2)15-24(7-8-24)19-26-9-5-23(6-10-26)28-17-22(18-28)16-25-11-13-27(14-12-25)21(3)4/h20-23H,5-19H2,1-4H3. The van der Waals surface area contributed by atoms with Gasteiger partial charge in [0.15, 0.2) is 0 Å². The first-order valence-electron chi connectivity index (χ1n) is 12.4. The number of piperidine rings is 1. The predicted octanol–water partition coefficient (Wildman–Crippen LogP) is 3.23. The molecule has 0 amide bonds. The molecule has 4 rings (SSSR count). The van der Waals surface area contributed by atoms with Gasteiger partial charge in [0.1, 0.15) is 0 Å². The zero-order valence-corrected chi connectivity index (χ0v) is 19.2. The topological polar surface area (TPSA) is 13.0 Å². The van der Waals surface area contributed by atoms with Crippen LogP contribution in [-0.2, 0) is 0 Å². The van der Waals surface area contributed by atoms with Gasteiger partial charge in [-0.15, -0.1) is 0 Å². The highest BCUT2D eigenvalue weighted by Crippen LogP contribution is 2.51. The SMILES string of the molecule is CC(C)CC1(CN2CCC(N3CC(CN4CCN(C(C)C)CC4)C3)CC2)CC1. The van der Waals surface area contributed by atoms with Crippen LogP contribution in [0.4, 0.5) is 0 Å². The number of piperazine rings is 1. The van der Waals surface area contributed by atoms with E-state index in [1.165, 1.54) is 97.6 Å². The van der Waals surface area contributed by atoms with Crippen LogP contribution in [0.5, 0.6) is 0 Å². The Morgan fingerprint density at radius 3 is 2.00 bits per heavy atom. The zero-order valence-electron chi connectivity index (χ0n) is 19.2. The molecule has 0 bridgehead atoms. The Balaban J connectivity index is 1.11. The van der Waals surface area contributed by atoms with Crippen molar-refractivity contribution in [2.45, 2.75) is 71.9 Å². The van der Waals surface area contributed by atoms with Crippen molar-refractivity contribution >= 4 is 0 Å². The molecule has 0 aromatic heterocycles. The molecule has 3 saturated heterocycles. The lowest BCUT2D eigenvalue weighted by atomic mass is 9.90. The van der Waals surface area contributed by atoms with Crippen molar-refractivity contribution < 1.29 is 0 Å². The maximum atomic E-state index is 2.81. The van der Waals surface area contributed by atoms with Gasteiger partial charge in [0.25, 0.3) is 0 Å². The summed E-state index contributed by atoms with van der Waals surface area (Å²) in [6, 6.07) is 1.60. The molecule has 1 saturated carbocycles. The monoisotopic (exact) mass is 390 g/mol. The first kappa shape index (κ1) is 21.1. The summed E-state index contributed by atoms with van der Waals surface area (Å²) in [5.74, 6) is 1.80. The van der Waals surface area contributed by atoms with Crippen LogP contribution in [0.1, 0.15) is 59.8 Å². The van der Waals surface area contributed by atoms with Gasteiger partial charge in [-0.25, -0.2) is 0 Å². The van der Waals surface area contributed by atoms with Gasteiger partial charge in [0.05, 0.1) is 0 Å². The average molecular weight is 391 g/mol. The summed E-state index contributed by atoms with van der Waals surface area (Å²) in [6.07, 6.45) is 7.26. The van der Waals surface area contributed by atoms with Crippen molar-refractivity contribution in [3.05, 3.63) is 0 Å². The van der Waals surface area contributed by atoms with Gasteiger partial charge in [-0.3, -0.25) is 9.80 Å². The van der Waals surface area contributed by atoms with Gasteiger partial charge >= 0.3 is 0 Å². The van der Waals surface area contributed by atoms with Gasteiger partial charge in [0.2, 0.25) is 0 Å². The molecule has 0 aromatic rings. The summed E-state index contributed by atoms with van der Waals surface area (Å²) in [5, 5.41) is 0. The van der Waals surface area contributed by atoms with E-state index >= 15 is 0 Å². The van der Waals surface area contributed by atoms with Crippen LogP contribution >= 0.6 is 0 Å². The van der Waals surface area contributed by atoms with E-state index in [4.69, 9.17) is 0 Å². The van der Waals surface area contributed by atoms with Gasteiger partial charge < -0.3 is 9.80 Å². The summed E-state index contributed by atoms with van der Waals surface area (Å²) in [7, 11) is 0. The van der Waals surface area contributed by atoms with Crippen LogP contribution in [0, 0.1) is 17.3 Å². The number of rotatable bonds is 8. The number of hydrogen-bond donors (Lipinski definition) is 0. The maximum Gasteiger partial charge on any atom is 0.0120 e. The third kappa shape index (κ3) is 5.30. The second kappa shape index (κ2) is 8.91. The highest BCUT2D eigenvalue weighted by Gasteiger charge is 2.44. The minimum absolute atomic E-state index is 0.711. The molecule has 0 spiro atoms. The molecular formula is C24H46N4. The highest BCUT2D eigenvalue weighted by molar-refractivity contribution is 4.97. The van der Waals surface area contributed by atoms with Crippen LogP contribution in [0.25, 0.3) is 0 Å². The molecule has 4 heteroatoms. The van der Waals surface area contributed by atoms with Crippen LogP contribution in [0.2, 0.25) is 0 Å². The van der Waals surface area contributed by atoms with Crippen molar-refractivity contribution in [3.63, 3.8) is 0 Å². The largest absolute Gasteiger partial charge is 0.303 e. The summed E-state index contributed by atoms with van der Waals surface area (Å²) >= 11 is 0. The third-order valence-corrected chi connectivity index (χ3v) is 8.07. The summed E-state index contributed by atoms with van der Waals surface area (Å²) in [5.41, 5.74) is 0.711. The summed E-state index contributed by atoms with van der Waals surface area (Å²) in [6.45, 7) is 22.7. The lowest BCUT2D eigenvalue weighted by Crippen LogP contribution is -2.59. The smallest absolute Gasteiger partial charge is 0.0120 e. The van der Waals surface area contributed by atoms with Crippen LogP contribution in [0.15, 0.2) is 0 Å². The molecule has 162 valence electrons. The molecule has 1 aliphatic carbocycles. The molecule has 0 N–H and O–H groups in total. The second-order valence-corrected chi connectivity index (χ2v) is 11.4. The van der Waals surface area contributed by atoms with E-state index in [0.717, 1.165) is 17.9 Å². The van der Waals surface area contributed by atoms with Crippen LogP contribution in [-0.4, -0.2) is 97.1 Å². The fourth-order valence-corrected chi connectivity index (χ4v) is 6.24. The Bertz CT molecular complexity index is 479. The van der Waals surface area contributed by atoms with Crippen molar-refractivity contribution in [3.8, 4) is 0 Å². The molecular weight excluding hydrogens is 344 g/mol. The van der Waals surface area contributed by atoms with Gasteiger partial charge in [-0.1, -0.05) is 13.8 Å². The zero-order chi connectivity index (χ0) is 19.7. The van der Waals surface area contributed by atoms with Crippen molar-refractivity contribution in [2.75, 3.05) is 65.4 Å². The molecule has 3 heterocycles. The quantitative estimate of drug-likeness (QED) is 0.631. The lowest BCUT2D eigenvalue weighted by Gasteiger charge is -2.49. The summed E-state index contributed by atoms with van der Waals surface area (Å²) in [4.78, 5) is 11.0. The van der Waals surface area contributed by atoms with E-state index in [1.807, 2.05) is 0 Å². The first-order valence-corrected chi connectivity index (χ1v) is 12.4. The molecule has 0 radical (unpaired) electrons. The molecule has 4 fully saturated rings. The molecule has 3 aliphatic heterocycles. The van der Waals surface area contributed by atoms with Gasteiger partial charge in [0, 0.05) is 64.4 Å². The minimum atomic E-state index is 0.711. The highest BCUT2D eigenvalue weighted by atomic mass is 15.3. The van der Waals surface area contributed by atoms with E-state index in [0.29, 0.717) is 11.5 Å². The number of likely N-dealkylation sites (tertiary alicyclic amines) is 2. The van der Waals surface area contributed by atoms with E-state index in [1.54, 1.807) is 0 Å². The van der Waals surface area contributed by atoms with Crippen molar-refractivity contribution in [1.82, 2.24) is 19.6 Å². The number of hydrogen-bond acceptors (Lipinski definition) is 4. The fourth-order valence-electron chi connectivity index (χ4n) is 6.24. The Morgan fingerprint density at radius 2 is 1.46 bits per heavy atom. The maximum absolute atomic E-state index is 2.81. The van der Waals surface area contributed by atoms with Crippen LogP contribution in [0.3, 0.4) is 0 Å². The van der Waals surface area contributed by atoms with E-state index in [9.17, 15) is 0 Å². The normalized spacial score (nSPS) is 28.9. The number of nitrogens with zero attached hydrogens (tertiary/aromatic N) is 4. The third-order valence-electron chi connectivity index (χ3n) is 8.07. The van der Waals surface area contributed by atoms with E-state index < -0.39 is 0 Å². The minimum Gasteiger partial charge on any atom is -0.303 e.